The van der Waals surface area contributed by atoms with Crippen LogP contribution in [0.5, 0.6) is 0 Å². The molecule has 2 heterocycles. The molecule has 2 fully saturated rings. The molecule has 6 heteroatoms. The van der Waals surface area contributed by atoms with Gasteiger partial charge in [0.2, 0.25) is 7.41 Å². The van der Waals surface area contributed by atoms with E-state index in [1.54, 1.807) is 0 Å². The highest BCUT2D eigenvalue weighted by atomic mass is 16.6. The normalized spacial score (nSPS) is 26.0. The van der Waals surface area contributed by atoms with Gasteiger partial charge in [0.15, 0.2) is 0 Å². The fraction of sp³-hybridized carbons (Fsp3) is 0.857. The average molecular weight is 186 g/mol. The molecule has 0 bridgehead atoms. The maximum atomic E-state index is 10.1. The summed E-state index contributed by atoms with van der Waals surface area (Å²) >= 11 is 0. The summed E-state index contributed by atoms with van der Waals surface area (Å²) in [6.07, 6.45) is 2.95. The van der Waals surface area contributed by atoms with E-state index in [4.69, 9.17) is 9.94 Å². The van der Waals surface area contributed by atoms with Crippen LogP contribution in [0.15, 0.2) is 0 Å². The molecule has 1 unspecified atom stereocenters. The standard InChI is InChI=1S/C5H9NO2.C2H6BNO/c7-5(8)4-2-1-3-6-4;1-2-5-4-3-1/h4,6H,1-3H2,(H,7,8);3-4H,1-2H2. The summed E-state index contributed by atoms with van der Waals surface area (Å²) in [6.45, 7) is 1.75. The number of nitrogens with one attached hydrogen (secondary N) is 2. The molecule has 0 saturated carbocycles. The zero-order valence-corrected chi connectivity index (χ0v) is 7.58. The Morgan fingerprint density at radius 1 is 1.62 bits per heavy atom. The third kappa shape index (κ3) is 4.26. The van der Waals surface area contributed by atoms with Gasteiger partial charge in [-0.05, 0) is 25.7 Å². The van der Waals surface area contributed by atoms with Gasteiger partial charge in [-0.1, -0.05) is 0 Å². The van der Waals surface area contributed by atoms with Crippen molar-refractivity contribution in [3.05, 3.63) is 0 Å². The fourth-order valence-corrected chi connectivity index (χ4v) is 1.26. The second kappa shape index (κ2) is 5.96. The second-order valence-electron chi connectivity index (χ2n) is 3.08. The van der Waals surface area contributed by atoms with Crippen LogP contribution in [-0.4, -0.2) is 37.7 Å². The van der Waals surface area contributed by atoms with Crippen LogP contribution in [-0.2, 0) is 9.63 Å². The van der Waals surface area contributed by atoms with E-state index in [1.807, 2.05) is 0 Å². The van der Waals surface area contributed by atoms with Crippen molar-refractivity contribution in [2.24, 2.45) is 0 Å². The van der Waals surface area contributed by atoms with Crippen molar-refractivity contribution >= 4 is 13.4 Å². The number of carboxylic acid groups (broad SMARTS) is 1. The van der Waals surface area contributed by atoms with Crippen LogP contribution in [0.3, 0.4) is 0 Å². The molecule has 74 valence electrons. The molecule has 13 heavy (non-hydrogen) atoms. The summed E-state index contributed by atoms with van der Waals surface area (Å²) in [5.74, 6) is -0.720. The van der Waals surface area contributed by atoms with Crippen molar-refractivity contribution in [3.8, 4) is 0 Å². The van der Waals surface area contributed by atoms with Crippen molar-refractivity contribution < 1.29 is 14.7 Å². The number of aliphatic carboxylic acids is 1. The molecule has 3 N–H and O–H groups in total. The zero-order valence-electron chi connectivity index (χ0n) is 7.58. The van der Waals surface area contributed by atoms with Gasteiger partial charge in [-0.25, -0.2) is 5.39 Å². The Morgan fingerprint density at radius 2 is 2.46 bits per heavy atom. The highest BCUT2D eigenvalue weighted by Crippen LogP contribution is 2.03. The summed E-state index contributed by atoms with van der Waals surface area (Å²) in [7, 11) is 1.03. The lowest BCUT2D eigenvalue weighted by molar-refractivity contribution is -0.139. The van der Waals surface area contributed by atoms with Crippen molar-refractivity contribution in [3.63, 3.8) is 0 Å². The fourth-order valence-electron chi connectivity index (χ4n) is 1.26. The number of carboxylic acids is 1. The predicted octanol–water partition coefficient (Wildman–Crippen LogP) is -0.886. The summed E-state index contributed by atoms with van der Waals surface area (Å²) in [5, 5.41) is 13.9. The predicted molar refractivity (Wildman–Crippen MR) is 49.7 cm³/mol. The third-order valence-electron chi connectivity index (χ3n) is 1.99. The van der Waals surface area contributed by atoms with Crippen LogP contribution in [0, 0.1) is 0 Å². The molecule has 0 radical (unpaired) electrons. The van der Waals surface area contributed by atoms with E-state index in [2.05, 4.69) is 10.7 Å². The minimum atomic E-state index is -0.720. The highest BCUT2D eigenvalue weighted by molar-refractivity contribution is 6.32. The average Bonchev–Trinajstić information content (AvgIpc) is 2.82. The summed E-state index contributed by atoms with van der Waals surface area (Å²) < 4.78 is 0. The first kappa shape index (κ1) is 10.5. The van der Waals surface area contributed by atoms with Crippen molar-refractivity contribution in [1.82, 2.24) is 10.7 Å². The van der Waals surface area contributed by atoms with E-state index in [0.717, 1.165) is 33.4 Å². The molecule has 0 spiro atoms. The van der Waals surface area contributed by atoms with E-state index >= 15 is 0 Å². The molecular weight excluding hydrogens is 171 g/mol. The molecule has 2 aliphatic rings. The number of carbonyl (C=O) groups is 1. The Morgan fingerprint density at radius 3 is 2.69 bits per heavy atom. The van der Waals surface area contributed by atoms with Crippen LogP contribution in [0.1, 0.15) is 12.8 Å². The zero-order chi connectivity index (χ0) is 9.52. The van der Waals surface area contributed by atoms with Crippen LogP contribution in [0.25, 0.3) is 0 Å². The molecule has 2 saturated heterocycles. The van der Waals surface area contributed by atoms with Gasteiger partial charge in [-0.2, -0.15) is 0 Å². The second-order valence-corrected chi connectivity index (χ2v) is 3.08. The lowest BCUT2D eigenvalue weighted by atomic mass is 9.94. The van der Waals surface area contributed by atoms with Crippen molar-refractivity contribution in [2.45, 2.75) is 25.2 Å². The first-order chi connectivity index (χ1) is 6.30. The molecule has 2 aliphatic heterocycles. The molecule has 5 nitrogen and oxygen atoms in total. The van der Waals surface area contributed by atoms with Crippen LogP contribution in [0.2, 0.25) is 6.32 Å². The smallest absolute Gasteiger partial charge is 0.320 e. The van der Waals surface area contributed by atoms with Crippen LogP contribution < -0.4 is 10.7 Å². The lowest BCUT2D eigenvalue weighted by Crippen LogP contribution is -2.29. The van der Waals surface area contributed by atoms with Gasteiger partial charge in [0, 0.05) is 0 Å². The lowest BCUT2D eigenvalue weighted by Gasteiger charge is -1.99. The van der Waals surface area contributed by atoms with Gasteiger partial charge < -0.3 is 15.3 Å². The maximum Gasteiger partial charge on any atom is 0.320 e. The van der Waals surface area contributed by atoms with Gasteiger partial charge in [-0.3, -0.25) is 4.79 Å². The Balaban J connectivity index is 0.000000145. The number of rotatable bonds is 1. The number of hydrogen-bond acceptors (Lipinski definition) is 4. The molecule has 0 aromatic carbocycles. The van der Waals surface area contributed by atoms with E-state index < -0.39 is 5.97 Å². The largest absolute Gasteiger partial charge is 0.480 e. The third-order valence-corrected chi connectivity index (χ3v) is 1.99. The minimum absolute atomic E-state index is 0.269. The Labute approximate surface area is 78.1 Å². The molecule has 0 aromatic heterocycles. The van der Waals surface area contributed by atoms with E-state index in [1.165, 1.54) is 6.32 Å². The van der Waals surface area contributed by atoms with Gasteiger partial charge in [0.1, 0.15) is 6.04 Å². The van der Waals surface area contributed by atoms with Crippen LogP contribution >= 0.6 is 0 Å². The molecule has 2 rings (SSSR count). The SMILES string of the molecule is B1CCON1.O=C(O)C1CCCN1. The molecular formula is C7H15BN2O3. The Hall–Kier alpha value is -0.585. The Bertz CT molecular complexity index is 150. The van der Waals surface area contributed by atoms with Crippen molar-refractivity contribution in [2.75, 3.05) is 13.2 Å². The quantitative estimate of drug-likeness (QED) is 0.463. The van der Waals surface area contributed by atoms with E-state index in [9.17, 15) is 4.79 Å². The Kier molecular flexibility index (Phi) is 4.81. The first-order valence-electron chi connectivity index (χ1n) is 4.61. The van der Waals surface area contributed by atoms with Gasteiger partial charge in [-0.15, -0.1) is 0 Å². The van der Waals surface area contributed by atoms with Crippen LogP contribution in [0.4, 0.5) is 0 Å². The van der Waals surface area contributed by atoms with E-state index in [-0.39, 0.29) is 6.04 Å². The molecule has 0 amide bonds. The first-order valence-corrected chi connectivity index (χ1v) is 4.61. The topological polar surface area (TPSA) is 70.6 Å². The van der Waals surface area contributed by atoms with Gasteiger partial charge in [0.25, 0.3) is 0 Å². The molecule has 1 atom stereocenters. The van der Waals surface area contributed by atoms with Gasteiger partial charge in [0.05, 0.1) is 6.61 Å². The van der Waals surface area contributed by atoms with E-state index in [0.29, 0.717) is 0 Å². The minimum Gasteiger partial charge on any atom is -0.480 e. The summed E-state index contributed by atoms with van der Waals surface area (Å²) in [6, 6.07) is -0.269. The monoisotopic (exact) mass is 186 g/mol. The molecule has 0 aromatic rings. The maximum absolute atomic E-state index is 10.1. The summed E-state index contributed by atoms with van der Waals surface area (Å²) in [5.41, 5.74) is 0. The highest BCUT2D eigenvalue weighted by Gasteiger charge is 2.20. The van der Waals surface area contributed by atoms with Crippen molar-refractivity contribution in [1.29, 1.82) is 0 Å². The molecule has 0 aliphatic carbocycles. The number of hydrogen-bond donors (Lipinski definition) is 3. The summed E-state index contributed by atoms with van der Waals surface area (Å²) in [4.78, 5) is 14.8. The van der Waals surface area contributed by atoms with Gasteiger partial charge >= 0.3 is 5.97 Å².